The van der Waals surface area contributed by atoms with Crippen molar-refractivity contribution in [3.63, 3.8) is 0 Å². The van der Waals surface area contributed by atoms with Crippen LogP contribution in [-0.4, -0.2) is 30.9 Å². The van der Waals surface area contributed by atoms with Crippen molar-refractivity contribution in [1.29, 1.82) is 0 Å². The second kappa shape index (κ2) is 6.00. The number of hydrogen-bond donors (Lipinski definition) is 1. The second-order valence-corrected chi connectivity index (χ2v) is 3.06. The monoisotopic (exact) mass is 172 g/mol. The van der Waals surface area contributed by atoms with E-state index < -0.39 is 0 Å². The van der Waals surface area contributed by atoms with E-state index in [0.29, 0.717) is 13.1 Å². The summed E-state index contributed by atoms with van der Waals surface area (Å²) in [5.74, 6) is 0.409. The topological polar surface area (TPSA) is 46.3 Å². The normalized spacial score (nSPS) is 10.4. The molecule has 0 saturated carbocycles. The van der Waals surface area contributed by atoms with Crippen LogP contribution in [0.1, 0.15) is 26.7 Å². The SMILES string of the molecule is CCC(CC)C(=O)N(C)CCN. The van der Waals surface area contributed by atoms with Crippen LogP contribution in [-0.2, 0) is 4.79 Å². The van der Waals surface area contributed by atoms with Gasteiger partial charge in [0.15, 0.2) is 0 Å². The molecule has 0 heterocycles. The number of carbonyl (C=O) groups excluding carboxylic acids is 1. The van der Waals surface area contributed by atoms with Gasteiger partial charge in [0.2, 0.25) is 5.91 Å². The number of nitrogens with two attached hydrogens (primary N) is 1. The van der Waals surface area contributed by atoms with Crippen LogP contribution in [0.5, 0.6) is 0 Å². The Kier molecular flexibility index (Phi) is 5.72. The molecule has 1 amide bonds. The number of rotatable bonds is 5. The molecule has 0 aromatic heterocycles. The molecule has 0 aromatic carbocycles. The van der Waals surface area contributed by atoms with Crippen LogP contribution in [0.25, 0.3) is 0 Å². The van der Waals surface area contributed by atoms with Gasteiger partial charge in [-0.3, -0.25) is 4.79 Å². The highest BCUT2D eigenvalue weighted by Crippen LogP contribution is 2.10. The van der Waals surface area contributed by atoms with Crippen LogP contribution in [0.2, 0.25) is 0 Å². The molecule has 0 unspecified atom stereocenters. The van der Waals surface area contributed by atoms with Gasteiger partial charge >= 0.3 is 0 Å². The minimum Gasteiger partial charge on any atom is -0.344 e. The molecule has 3 heteroatoms. The third kappa shape index (κ3) is 3.22. The summed E-state index contributed by atoms with van der Waals surface area (Å²) in [5, 5.41) is 0. The number of nitrogens with zero attached hydrogens (tertiary/aromatic N) is 1. The van der Waals surface area contributed by atoms with Gasteiger partial charge in [0.25, 0.3) is 0 Å². The van der Waals surface area contributed by atoms with Gasteiger partial charge in [0, 0.05) is 26.1 Å². The van der Waals surface area contributed by atoms with Gasteiger partial charge in [-0.1, -0.05) is 13.8 Å². The highest BCUT2D eigenvalue weighted by molar-refractivity contribution is 5.78. The van der Waals surface area contributed by atoms with Crippen LogP contribution in [0, 0.1) is 5.92 Å². The van der Waals surface area contributed by atoms with E-state index in [-0.39, 0.29) is 11.8 Å². The zero-order valence-corrected chi connectivity index (χ0v) is 8.34. The summed E-state index contributed by atoms with van der Waals surface area (Å²) in [6.45, 7) is 5.29. The maximum Gasteiger partial charge on any atom is 0.225 e. The predicted molar refractivity (Wildman–Crippen MR) is 50.8 cm³/mol. The molecule has 0 saturated heterocycles. The fourth-order valence-electron chi connectivity index (χ4n) is 1.25. The van der Waals surface area contributed by atoms with Gasteiger partial charge in [-0.05, 0) is 12.8 Å². The molecule has 0 fully saturated rings. The molecule has 0 bridgehead atoms. The van der Waals surface area contributed by atoms with Gasteiger partial charge < -0.3 is 10.6 Å². The van der Waals surface area contributed by atoms with Gasteiger partial charge in [-0.25, -0.2) is 0 Å². The molecule has 72 valence electrons. The summed E-state index contributed by atoms with van der Waals surface area (Å²) in [7, 11) is 1.81. The Bertz CT molecular complexity index is 132. The van der Waals surface area contributed by atoms with Crippen LogP contribution in [0.15, 0.2) is 0 Å². The molecule has 0 aliphatic rings. The summed E-state index contributed by atoms with van der Waals surface area (Å²) in [5.41, 5.74) is 5.36. The Morgan fingerprint density at radius 3 is 2.25 bits per heavy atom. The first-order valence-corrected chi connectivity index (χ1v) is 4.62. The fourth-order valence-corrected chi connectivity index (χ4v) is 1.25. The Labute approximate surface area is 74.9 Å². The van der Waals surface area contributed by atoms with E-state index in [1.165, 1.54) is 0 Å². The van der Waals surface area contributed by atoms with Crippen LogP contribution in [0.3, 0.4) is 0 Å². The van der Waals surface area contributed by atoms with E-state index in [2.05, 4.69) is 0 Å². The van der Waals surface area contributed by atoms with Crippen LogP contribution in [0.4, 0.5) is 0 Å². The molecule has 0 aliphatic heterocycles. The molecule has 12 heavy (non-hydrogen) atoms. The Morgan fingerprint density at radius 2 is 1.92 bits per heavy atom. The highest BCUT2D eigenvalue weighted by atomic mass is 16.2. The standard InChI is InChI=1S/C9H20N2O/c1-4-8(5-2)9(12)11(3)7-6-10/h8H,4-7,10H2,1-3H3. The van der Waals surface area contributed by atoms with Crippen molar-refractivity contribution in [3.05, 3.63) is 0 Å². The van der Waals surface area contributed by atoms with Crippen molar-refractivity contribution < 1.29 is 4.79 Å². The molecular formula is C9H20N2O. The minimum atomic E-state index is 0.182. The maximum atomic E-state index is 11.6. The van der Waals surface area contributed by atoms with Crippen LogP contribution >= 0.6 is 0 Å². The lowest BCUT2D eigenvalue weighted by molar-refractivity contribution is -0.134. The van der Waals surface area contributed by atoms with Gasteiger partial charge in [-0.2, -0.15) is 0 Å². The van der Waals surface area contributed by atoms with E-state index in [4.69, 9.17) is 5.73 Å². The summed E-state index contributed by atoms with van der Waals surface area (Å²) in [4.78, 5) is 13.3. The van der Waals surface area contributed by atoms with E-state index >= 15 is 0 Å². The quantitative estimate of drug-likeness (QED) is 0.668. The van der Waals surface area contributed by atoms with E-state index in [1.807, 2.05) is 20.9 Å². The van der Waals surface area contributed by atoms with Gasteiger partial charge in [0.05, 0.1) is 0 Å². The Morgan fingerprint density at radius 1 is 1.42 bits per heavy atom. The van der Waals surface area contributed by atoms with Crippen molar-refractivity contribution in [3.8, 4) is 0 Å². The summed E-state index contributed by atoms with van der Waals surface area (Å²) >= 11 is 0. The molecule has 0 atom stereocenters. The molecular weight excluding hydrogens is 152 g/mol. The third-order valence-corrected chi connectivity index (χ3v) is 2.18. The first-order valence-electron chi connectivity index (χ1n) is 4.62. The fraction of sp³-hybridized carbons (Fsp3) is 0.889. The third-order valence-electron chi connectivity index (χ3n) is 2.18. The van der Waals surface area contributed by atoms with Crippen molar-refractivity contribution in [2.45, 2.75) is 26.7 Å². The van der Waals surface area contributed by atoms with Crippen molar-refractivity contribution >= 4 is 5.91 Å². The summed E-state index contributed by atoms with van der Waals surface area (Å²) < 4.78 is 0. The first kappa shape index (κ1) is 11.4. The predicted octanol–water partition coefficient (Wildman–Crippen LogP) is 0.840. The number of carbonyl (C=O) groups is 1. The van der Waals surface area contributed by atoms with Gasteiger partial charge in [-0.15, -0.1) is 0 Å². The Balaban J connectivity index is 3.97. The minimum absolute atomic E-state index is 0.182. The van der Waals surface area contributed by atoms with E-state index in [1.54, 1.807) is 4.90 Å². The lowest BCUT2D eigenvalue weighted by Crippen LogP contribution is -2.35. The van der Waals surface area contributed by atoms with E-state index in [0.717, 1.165) is 12.8 Å². The van der Waals surface area contributed by atoms with E-state index in [9.17, 15) is 4.79 Å². The molecule has 3 nitrogen and oxygen atoms in total. The summed E-state index contributed by atoms with van der Waals surface area (Å²) in [6, 6.07) is 0. The lowest BCUT2D eigenvalue weighted by atomic mass is 10.0. The second-order valence-electron chi connectivity index (χ2n) is 3.06. The average Bonchev–Trinajstić information content (AvgIpc) is 2.07. The zero-order chi connectivity index (χ0) is 9.56. The summed E-state index contributed by atoms with van der Waals surface area (Å²) in [6.07, 6.45) is 1.84. The zero-order valence-electron chi connectivity index (χ0n) is 8.34. The Hall–Kier alpha value is -0.570. The smallest absolute Gasteiger partial charge is 0.225 e. The molecule has 0 spiro atoms. The molecule has 0 aromatic rings. The molecule has 0 aliphatic carbocycles. The average molecular weight is 172 g/mol. The number of hydrogen-bond acceptors (Lipinski definition) is 2. The van der Waals surface area contributed by atoms with Crippen molar-refractivity contribution in [2.75, 3.05) is 20.1 Å². The van der Waals surface area contributed by atoms with Crippen molar-refractivity contribution in [2.24, 2.45) is 11.7 Å². The first-order chi connectivity index (χ1) is 5.67. The number of amides is 1. The lowest BCUT2D eigenvalue weighted by Gasteiger charge is -2.21. The molecule has 2 N–H and O–H groups in total. The number of likely N-dealkylation sites (N-methyl/N-ethyl adjacent to an activating group) is 1. The van der Waals surface area contributed by atoms with Crippen molar-refractivity contribution in [1.82, 2.24) is 4.90 Å². The maximum absolute atomic E-state index is 11.6. The van der Waals surface area contributed by atoms with Gasteiger partial charge in [0.1, 0.15) is 0 Å². The molecule has 0 rings (SSSR count). The van der Waals surface area contributed by atoms with Crippen LogP contribution < -0.4 is 5.73 Å². The molecule has 0 radical (unpaired) electrons. The highest BCUT2D eigenvalue weighted by Gasteiger charge is 2.17. The largest absolute Gasteiger partial charge is 0.344 e.